The van der Waals surface area contributed by atoms with Crippen LogP contribution in [0.1, 0.15) is 32.0 Å². The Morgan fingerprint density at radius 3 is 2.36 bits per heavy atom. The summed E-state index contributed by atoms with van der Waals surface area (Å²) in [5, 5.41) is 4.85. The molecule has 1 aliphatic heterocycles. The molecule has 0 spiro atoms. The molecule has 5 rings (SSSR count). The number of fused-ring (bicyclic) bond motifs is 3. The fourth-order valence-electron chi connectivity index (χ4n) is 3.92. The molecule has 0 N–H and O–H groups in total. The summed E-state index contributed by atoms with van der Waals surface area (Å²) in [4.78, 5) is 31.4. The molecule has 7 nitrogen and oxygen atoms in total. The predicted molar refractivity (Wildman–Crippen MR) is 113 cm³/mol. The van der Waals surface area contributed by atoms with E-state index in [1.54, 1.807) is 38.3 Å². The van der Waals surface area contributed by atoms with Crippen molar-refractivity contribution in [2.75, 3.05) is 12.0 Å². The van der Waals surface area contributed by atoms with Gasteiger partial charge in [-0.25, -0.2) is 14.6 Å². The van der Waals surface area contributed by atoms with Crippen molar-refractivity contribution >= 4 is 28.5 Å². The summed E-state index contributed by atoms with van der Waals surface area (Å²) in [5.74, 6) is -0.808. The van der Waals surface area contributed by atoms with E-state index in [9.17, 15) is 22.8 Å². The Balaban J connectivity index is 1.64. The number of ether oxygens (including phenoxy) is 1. The maximum absolute atomic E-state index is 13.3. The van der Waals surface area contributed by atoms with Crippen molar-refractivity contribution in [2.24, 2.45) is 0 Å². The van der Waals surface area contributed by atoms with Crippen LogP contribution in [0.3, 0.4) is 0 Å². The monoisotopic (exact) mass is 452 g/mol. The smallest absolute Gasteiger partial charge is 0.416 e. The van der Waals surface area contributed by atoms with E-state index in [4.69, 9.17) is 4.74 Å². The first-order valence-electron chi connectivity index (χ1n) is 9.79. The van der Waals surface area contributed by atoms with Crippen molar-refractivity contribution in [2.45, 2.75) is 13.1 Å². The number of hydrogen-bond acceptors (Lipinski definition) is 5. The number of aromatic nitrogens is 3. The van der Waals surface area contributed by atoms with E-state index in [0.29, 0.717) is 28.2 Å². The van der Waals surface area contributed by atoms with Gasteiger partial charge in [0.2, 0.25) is 0 Å². The number of carbonyl (C=O) groups is 2. The van der Waals surface area contributed by atoms with E-state index in [0.717, 1.165) is 23.1 Å². The zero-order chi connectivity index (χ0) is 23.5. The molecule has 2 aromatic heterocycles. The van der Waals surface area contributed by atoms with Gasteiger partial charge in [-0.05, 0) is 49.4 Å². The summed E-state index contributed by atoms with van der Waals surface area (Å²) < 4.78 is 46.2. The summed E-state index contributed by atoms with van der Waals surface area (Å²) >= 11 is 0. The van der Waals surface area contributed by atoms with Crippen LogP contribution in [0.25, 0.3) is 16.7 Å². The summed E-state index contributed by atoms with van der Waals surface area (Å²) in [6.45, 7) is 1.68. The van der Waals surface area contributed by atoms with E-state index < -0.39 is 23.6 Å². The molecule has 33 heavy (non-hydrogen) atoms. The highest BCUT2D eigenvalue weighted by molar-refractivity contribution is 6.37. The van der Waals surface area contributed by atoms with Gasteiger partial charge in [0, 0.05) is 6.20 Å². The van der Waals surface area contributed by atoms with Gasteiger partial charge in [-0.3, -0.25) is 9.59 Å². The number of halogens is 3. The molecule has 0 unspecified atom stereocenters. The summed E-state index contributed by atoms with van der Waals surface area (Å²) in [6, 6.07) is 11.1. The topological polar surface area (TPSA) is 77.3 Å². The average molecular weight is 452 g/mol. The summed E-state index contributed by atoms with van der Waals surface area (Å²) in [7, 11) is 1.55. The fraction of sp³-hybridized carbons (Fsp3) is 0.130. The maximum atomic E-state index is 13.3. The highest BCUT2D eigenvalue weighted by atomic mass is 19.4. The van der Waals surface area contributed by atoms with E-state index in [1.807, 2.05) is 0 Å². The van der Waals surface area contributed by atoms with E-state index in [2.05, 4.69) is 10.1 Å². The molecule has 0 saturated carbocycles. The van der Waals surface area contributed by atoms with E-state index in [-0.39, 0.29) is 16.8 Å². The first kappa shape index (κ1) is 20.7. The van der Waals surface area contributed by atoms with Gasteiger partial charge in [0.25, 0.3) is 11.8 Å². The van der Waals surface area contributed by atoms with Gasteiger partial charge in [-0.1, -0.05) is 6.07 Å². The molecule has 0 aliphatic carbocycles. The highest BCUT2D eigenvalue weighted by Gasteiger charge is 2.41. The number of benzene rings is 2. The molecule has 0 radical (unpaired) electrons. The molecule has 0 atom stereocenters. The van der Waals surface area contributed by atoms with Gasteiger partial charge in [0.1, 0.15) is 5.75 Å². The largest absolute Gasteiger partial charge is 0.497 e. The Labute approximate surface area is 185 Å². The van der Waals surface area contributed by atoms with Crippen molar-refractivity contribution in [3.8, 4) is 11.4 Å². The van der Waals surface area contributed by atoms with Crippen molar-refractivity contribution in [3.63, 3.8) is 0 Å². The number of aryl methyl sites for hydroxylation is 1. The molecular formula is C23H15F3N4O3. The third-order valence-corrected chi connectivity index (χ3v) is 5.47. The lowest BCUT2D eigenvalue weighted by atomic mass is 10.1. The number of alkyl halides is 3. The van der Waals surface area contributed by atoms with Gasteiger partial charge in [-0.15, -0.1) is 0 Å². The molecule has 2 aromatic carbocycles. The van der Waals surface area contributed by atoms with Crippen molar-refractivity contribution in [1.82, 2.24) is 14.8 Å². The Morgan fingerprint density at radius 1 is 0.970 bits per heavy atom. The van der Waals surface area contributed by atoms with Crippen molar-refractivity contribution in [1.29, 1.82) is 0 Å². The number of anilines is 1. The maximum Gasteiger partial charge on any atom is 0.416 e. The van der Waals surface area contributed by atoms with Crippen LogP contribution in [0, 0.1) is 6.92 Å². The lowest BCUT2D eigenvalue weighted by Crippen LogP contribution is -2.29. The number of nitrogens with zero attached hydrogens (tertiary/aromatic N) is 4. The zero-order valence-corrected chi connectivity index (χ0v) is 17.3. The van der Waals surface area contributed by atoms with Crippen LogP contribution in [0.2, 0.25) is 0 Å². The second-order valence-corrected chi connectivity index (χ2v) is 7.43. The minimum absolute atomic E-state index is 0.0160. The second-order valence-electron chi connectivity index (χ2n) is 7.43. The van der Waals surface area contributed by atoms with Crippen LogP contribution in [-0.2, 0) is 6.18 Å². The molecule has 166 valence electrons. The quantitative estimate of drug-likeness (QED) is 0.426. The Morgan fingerprint density at radius 2 is 1.70 bits per heavy atom. The number of methoxy groups -OCH3 is 1. The van der Waals surface area contributed by atoms with Crippen LogP contribution >= 0.6 is 0 Å². The van der Waals surface area contributed by atoms with Gasteiger partial charge in [0.15, 0.2) is 5.65 Å². The number of imide groups is 1. The Kier molecular flexibility index (Phi) is 4.48. The number of carbonyl (C=O) groups excluding carboxylic acids is 2. The summed E-state index contributed by atoms with van der Waals surface area (Å²) in [5.41, 5.74) is 0.434. The Bertz CT molecular complexity index is 1440. The van der Waals surface area contributed by atoms with Crippen LogP contribution in [0.5, 0.6) is 5.75 Å². The van der Waals surface area contributed by atoms with Gasteiger partial charge in [-0.2, -0.15) is 18.3 Å². The van der Waals surface area contributed by atoms with Crippen LogP contribution in [-0.4, -0.2) is 33.7 Å². The molecule has 2 amide bonds. The molecule has 0 saturated heterocycles. The van der Waals surface area contributed by atoms with Gasteiger partial charge < -0.3 is 4.74 Å². The minimum atomic E-state index is -4.61. The first-order chi connectivity index (χ1) is 15.7. The minimum Gasteiger partial charge on any atom is -0.497 e. The van der Waals surface area contributed by atoms with Gasteiger partial charge in [0.05, 0.1) is 46.3 Å². The highest BCUT2D eigenvalue weighted by Crippen LogP contribution is 2.37. The Hall–Kier alpha value is -4.21. The lowest BCUT2D eigenvalue weighted by Gasteiger charge is -2.16. The normalized spacial score (nSPS) is 13.7. The fourth-order valence-corrected chi connectivity index (χ4v) is 3.92. The molecule has 3 heterocycles. The molecule has 0 fully saturated rings. The zero-order valence-electron chi connectivity index (χ0n) is 17.3. The van der Waals surface area contributed by atoms with Crippen LogP contribution < -0.4 is 9.64 Å². The van der Waals surface area contributed by atoms with Crippen LogP contribution in [0.4, 0.5) is 18.9 Å². The van der Waals surface area contributed by atoms with Crippen LogP contribution in [0.15, 0.2) is 54.7 Å². The molecule has 0 bridgehead atoms. The molecule has 1 aliphatic rings. The lowest BCUT2D eigenvalue weighted by molar-refractivity contribution is -0.137. The molecule has 4 aromatic rings. The molecule has 10 heteroatoms. The number of rotatable bonds is 3. The first-order valence-corrected chi connectivity index (χ1v) is 9.79. The number of amides is 2. The predicted octanol–water partition coefficient (Wildman–Crippen LogP) is 4.56. The average Bonchev–Trinajstić information content (AvgIpc) is 3.27. The van der Waals surface area contributed by atoms with Crippen molar-refractivity contribution in [3.05, 3.63) is 77.1 Å². The third kappa shape index (κ3) is 3.13. The SMILES string of the molecule is COc1ccc(-n2nc(C)c3c4c(cnc32)C(=O)N(c2cccc(C(F)(F)F)c2)C4=O)cc1. The van der Waals surface area contributed by atoms with E-state index >= 15 is 0 Å². The standard InChI is InChI=1S/C23H15F3N4O3/c1-12-18-19-17(11-27-20(18)30(28-12)14-6-8-16(33-2)9-7-14)21(31)29(22(19)32)15-5-3-4-13(10-15)23(24,25)26/h3-11H,1-2H3. The number of pyridine rings is 1. The third-order valence-electron chi connectivity index (χ3n) is 5.47. The second kappa shape index (κ2) is 7.16. The van der Waals surface area contributed by atoms with E-state index in [1.165, 1.54) is 16.9 Å². The number of hydrogen-bond donors (Lipinski definition) is 0. The van der Waals surface area contributed by atoms with Gasteiger partial charge >= 0.3 is 6.18 Å². The summed E-state index contributed by atoms with van der Waals surface area (Å²) in [6.07, 6.45) is -3.35. The molecular weight excluding hydrogens is 437 g/mol. The van der Waals surface area contributed by atoms with Crippen molar-refractivity contribution < 1.29 is 27.5 Å².